The van der Waals surface area contributed by atoms with Crippen LogP contribution < -0.4 is 10.6 Å². The Balaban J connectivity index is 2.06. The molecule has 0 unspecified atom stereocenters. The van der Waals surface area contributed by atoms with Crippen LogP contribution in [0.25, 0.3) is 0 Å². The zero-order valence-electron chi connectivity index (χ0n) is 11.1. The number of carbonyl (C=O) groups excluding carboxylic acids is 2. The first-order valence-corrected chi connectivity index (χ1v) is 6.31. The Hall–Kier alpha value is -1.88. The molecule has 19 heavy (non-hydrogen) atoms. The van der Waals surface area contributed by atoms with Crippen LogP contribution in [0.1, 0.15) is 17.3 Å². The quantitative estimate of drug-likeness (QED) is 0.805. The third-order valence-corrected chi connectivity index (χ3v) is 3.41. The molecule has 2 rings (SSSR count). The second-order valence-electron chi connectivity index (χ2n) is 4.80. The second kappa shape index (κ2) is 5.84. The van der Waals surface area contributed by atoms with Gasteiger partial charge < -0.3 is 15.4 Å². The number of hydrogen-bond acceptors (Lipinski definition) is 4. The van der Waals surface area contributed by atoms with Gasteiger partial charge in [-0.05, 0) is 30.7 Å². The number of methoxy groups -OCH3 is 1. The van der Waals surface area contributed by atoms with E-state index in [2.05, 4.69) is 22.3 Å². The van der Waals surface area contributed by atoms with Crippen LogP contribution in [-0.2, 0) is 9.53 Å². The third-order valence-electron chi connectivity index (χ3n) is 3.41. The number of benzene rings is 1. The van der Waals surface area contributed by atoms with E-state index in [4.69, 9.17) is 0 Å². The van der Waals surface area contributed by atoms with Gasteiger partial charge in [0.1, 0.15) is 0 Å². The van der Waals surface area contributed by atoms with E-state index in [9.17, 15) is 9.59 Å². The van der Waals surface area contributed by atoms with Crippen molar-refractivity contribution in [2.24, 2.45) is 11.8 Å². The van der Waals surface area contributed by atoms with Crippen molar-refractivity contribution in [3.8, 4) is 0 Å². The summed E-state index contributed by atoms with van der Waals surface area (Å²) < 4.78 is 4.65. The van der Waals surface area contributed by atoms with Crippen molar-refractivity contribution in [2.75, 3.05) is 25.5 Å². The smallest absolute Gasteiger partial charge is 0.337 e. The van der Waals surface area contributed by atoms with E-state index in [1.165, 1.54) is 7.11 Å². The maximum Gasteiger partial charge on any atom is 0.337 e. The molecule has 1 aliphatic heterocycles. The summed E-state index contributed by atoms with van der Waals surface area (Å²) in [6.07, 6.45) is 0. The molecule has 0 radical (unpaired) electrons. The van der Waals surface area contributed by atoms with E-state index in [0.29, 0.717) is 23.7 Å². The summed E-state index contributed by atoms with van der Waals surface area (Å²) >= 11 is 0. The Bertz CT molecular complexity index is 487. The lowest BCUT2D eigenvalue weighted by Crippen LogP contribution is -2.27. The average Bonchev–Trinajstić information content (AvgIpc) is 2.84. The van der Waals surface area contributed by atoms with Crippen LogP contribution in [0.3, 0.4) is 0 Å². The Morgan fingerprint density at radius 2 is 2.16 bits per heavy atom. The summed E-state index contributed by atoms with van der Waals surface area (Å²) in [5, 5.41) is 6.04. The van der Waals surface area contributed by atoms with E-state index in [1.54, 1.807) is 24.3 Å². The van der Waals surface area contributed by atoms with Gasteiger partial charge in [0.15, 0.2) is 0 Å². The highest BCUT2D eigenvalue weighted by Gasteiger charge is 2.29. The summed E-state index contributed by atoms with van der Waals surface area (Å²) in [4.78, 5) is 23.5. The molecule has 1 aliphatic rings. The number of rotatable bonds is 3. The number of esters is 1. The largest absolute Gasteiger partial charge is 0.465 e. The molecule has 1 aromatic carbocycles. The van der Waals surface area contributed by atoms with Crippen molar-refractivity contribution in [2.45, 2.75) is 6.92 Å². The minimum absolute atomic E-state index is 0.0143. The number of amides is 1. The molecule has 1 amide bonds. The Morgan fingerprint density at radius 1 is 1.37 bits per heavy atom. The third kappa shape index (κ3) is 3.12. The predicted molar refractivity (Wildman–Crippen MR) is 71.9 cm³/mol. The Morgan fingerprint density at radius 3 is 2.79 bits per heavy atom. The van der Waals surface area contributed by atoms with Crippen molar-refractivity contribution >= 4 is 17.6 Å². The summed E-state index contributed by atoms with van der Waals surface area (Å²) in [6, 6.07) is 6.76. The lowest BCUT2D eigenvalue weighted by Gasteiger charge is -2.14. The van der Waals surface area contributed by atoms with Crippen LogP contribution in [-0.4, -0.2) is 32.1 Å². The molecule has 5 heteroatoms. The fourth-order valence-corrected chi connectivity index (χ4v) is 2.24. The summed E-state index contributed by atoms with van der Waals surface area (Å²) in [7, 11) is 1.33. The minimum atomic E-state index is -0.410. The van der Waals surface area contributed by atoms with Crippen molar-refractivity contribution in [1.82, 2.24) is 5.32 Å². The topological polar surface area (TPSA) is 67.4 Å². The zero-order valence-corrected chi connectivity index (χ0v) is 11.1. The molecule has 1 aromatic rings. The highest BCUT2D eigenvalue weighted by Crippen LogP contribution is 2.19. The first-order valence-electron chi connectivity index (χ1n) is 6.31. The second-order valence-corrected chi connectivity index (χ2v) is 4.80. The van der Waals surface area contributed by atoms with E-state index in [1.807, 2.05) is 0 Å². The van der Waals surface area contributed by atoms with Crippen molar-refractivity contribution in [3.05, 3.63) is 29.8 Å². The van der Waals surface area contributed by atoms with Gasteiger partial charge >= 0.3 is 5.97 Å². The van der Waals surface area contributed by atoms with Crippen molar-refractivity contribution < 1.29 is 14.3 Å². The van der Waals surface area contributed by atoms with Gasteiger partial charge in [-0.1, -0.05) is 13.0 Å². The zero-order chi connectivity index (χ0) is 13.8. The Kier molecular flexibility index (Phi) is 4.16. The molecule has 0 aromatic heterocycles. The highest BCUT2D eigenvalue weighted by molar-refractivity contribution is 5.95. The first kappa shape index (κ1) is 13.5. The minimum Gasteiger partial charge on any atom is -0.465 e. The molecule has 0 saturated carbocycles. The first-order chi connectivity index (χ1) is 9.11. The van der Waals surface area contributed by atoms with Crippen LogP contribution in [0.5, 0.6) is 0 Å². The van der Waals surface area contributed by atoms with Crippen molar-refractivity contribution in [1.29, 1.82) is 0 Å². The molecule has 102 valence electrons. The van der Waals surface area contributed by atoms with E-state index in [0.717, 1.165) is 6.54 Å². The summed E-state index contributed by atoms with van der Waals surface area (Å²) in [6.45, 7) is 3.61. The van der Waals surface area contributed by atoms with Gasteiger partial charge in [-0.3, -0.25) is 4.79 Å². The summed E-state index contributed by atoms with van der Waals surface area (Å²) in [5.74, 6) is -0.128. The standard InChI is InChI=1S/C14H18N2O3/c1-9-7-15-8-12(9)13(17)16-11-5-3-4-10(6-11)14(18)19-2/h3-6,9,12,15H,7-8H2,1-2H3,(H,16,17)/t9-,12-/m1/s1. The number of hydrogen-bond donors (Lipinski definition) is 2. The van der Waals surface area contributed by atoms with Crippen LogP contribution in [0.4, 0.5) is 5.69 Å². The molecule has 2 atom stereocenters. The predicted octanol–water partition coefficient (Wildman–Crippen LogP) is 1.27. The molecule has 0 aliphatic carbocycles. The van der Waals surface area contributed by atoms with Gasteiger partial charge in [0.25, 0.3) is 0 Å². The van der Waals surface area contributed by atoms with Crippen molar-refractivity contribution in [3.63, 3.8) is 0 Å². The van der Waals surface area contributed by atoms with Gasteiger partial charge in [0.05, 0.1) is 18.6 Å². The maximum absolute atomic E-state index is 12.1. The van der Waals surface area contributed by atoms with Gasteiger partial charge in [0, 0.05) is 12.2 Å². The fourth-order valence-electron chi connectivity index (χ4n) is 2.24. The molecule has 2 N–H and O–H groups in total. The lowest BCUT2D eigenvalue weighted by molar-refractivity contribution is -0.120. The number of ether oxygens (including phenoxy) is 1. The molecular formula is C14H18N2O3. The molecule has 1 fully saturated rings. The number of carbonyl (C=O) groups is 2. The van der Waals surface area contributed by atoms with E-state index >= 15 is 0 Å². The van der Waals surface area contributed by atoms with Crippen LogP contribution >= 0.6 is 0 Å². The molecule has 0 spiro atoms. The van der Waals surface area contributed by atoms with Gasteiger partial charge in [-0.25, -0.2) is 4.79 Å². The van der Waals surface area contributed by atoms with Gasteiger partial charge in [-0.15, -0.1) is 0 Å². The summed E-state index contributed by atoms with van der Waals surface area (Å²) in [5.41, 5.74) is 1.05. The molecule has 0 bridgehead atoms. The van der Waals surface area contributed by atoms with Crippen LogP contribution in [0.2, 0.25) is 0 Å². The molecular weight excluding hydrogens is 244 g/mol. The maximum atomic E-state index is 12.1. The SMILES string of the molecule is COC(=O)c1cccc(NC(=O)[C@@H]2CNC[C@H]2C)c1. The molecule has 1 heterocycles. The highest BCUT2D eigenvalue weighted by atomic mass is 16.5. The monoisotopic (exact) mass is 262 g/mol. The van der Waals surface area contributed by atoms with Crippen LogP contribution in [0, 0.1) is 11.8 Å². The molecule has 5 nitrogen and oxygen atoms in total. The van der Waals surface area contributed by atoms with Gasteiger partial charge in [0.2, 0.25) is 5.91 Å². The fraction of sp³-hybridized carbons (Fsp3) is 0.429. The Labute approximate surface area is 112 Å². The van der Waals surface area contributed by atoms with E-state index in [-0.39, 0.29) is 11.8 Å². The molecule has 1 saturated heterocycles. The van der Waals surface area contributed by atoms with Gasteiger partial charge in [-0.2, -0.15) is 0 Å². The number of nitrogens with one attached hydrogen (secondary N) is 2. The van der Waals surface area contributed by atoms with E-state index < -0.39 is 5.97 Å². The normalized spacial score (nSPS) is 22.0. The lowest BCUT2D eigenvalue weighted by atomic mass is 9.97. The number of anilines is 1. The average molecular weight is 262 g/mol. The van der Waals surface area contributed by atoms with Crippen LogP contribution in [0.15, 0.2) is 24.3 Å².